The van der Waals surface area contributed by atoms with E-state index in [1.54, 1.807) is 36.7 Å². The number of anilines is 1. The number of pyridine rings is 1. The van der Waals surface area contributed by atoms with Gasteiger partial charge in [-0.05, 0) is 42.8 Å². The third kappa shape index (κ3) is 2.85. The molecular weight excluding hydrogens is 226 g/mol. The maximum absolute atomic E-state index is 12.0. The molecule has 0 spiro atoms. The fourth-order valence-electron chi connectivity index (χ4n) is 1.63. The van der Waals surface area contributed by atoms with Crippen molar-refractivity contribution >= 4 is 11.6 Å². The third-order valence-corrected chi connectivity index (χ3v) is 2.70. The molecule has 92 valence electrons. The molecule has 4 nitrogen and oxygen atoms in total. The largest absolute Gasteiger partial charge is 0.399 e. The molecule has 0 saturated heterocycles. The molecule has 0 aliphatic rings. The number of rotatable bonds is 3. The second-order valence-electron chi connectivity index (χ2n) is 4.10. The zero-order valence-electron chi connectivity index (χ0n) is 10.1. The van der Waals surface area contributed by atoms with Gasteiger partial charge in [-0.2, -0.15) is 0 Å². The lowest BCUT2D eigenvalue weighted by atomic mass is 10.1. The van der Waals surface area contributed by atoms with E-state index in [0.717, 1.165) is 5.56 Å². The van der Waals surface area contributed by atoms with Gasteiger partial charge in [0, 0.05) is 23.6 Å². The number of hydrogen-bond acceptors (Lipinski definition) is 3. The van der Waals surface area contributed by atoms with Gasteiger partial charge in [0.05, 0.1) is 6.04 Å². The lowest BCUT2D eigenvalue weighted by molar-refractivity contribution is 0.0940. The molecule has 1 atom stereocenters. The van der Waals surface area contributed by atoms with Crippen LogP contribution in [0, 0.1) is 0 Å². The summed E-state index contributed by atoms with van der Waals surface area (Å²) >= 11 is 0. The van der Waals surface area contributed by atoms with Crippen LogP contribution in [0.25, 0.3) is 0 Å². The first-order valence-electron chi connectivity index (χ1n) is 5.73. The van der Waals surface area contributed by atoms with Crippen molar-refractivity contribution in [2.75, 3.05) is 5.73 Å². The van der Waals surface area contributed by atoms with Crippen LogP contribution >= 0.6 is 0 Å². The summed E-state index contributed by atoms with van der Waals surface area (Å²) in [6.07, 6.45) is 3.45. The number of nitrogens with two attached hydrogens (primary N) is 1. The molecule has 18 heavy (non-hydrogen) atoms. The fraction of sp³-hybridized carbons (Fsp3) is 0.143. The Labute approximate surface area is 106 Å². The number of benzene rings is 1. The highest BCUT2D eigenvalue weighted by molar-refractivity contribution is 5.94. The number of amides is 1. The minimum atomic E-state index is -0.119. The number of nitrogen functional groups attached to an aromatic ring is 1. The molecule has 2 rings (SSSR count). The van der Waals surface area contributed by atoms with E-state index in [9.17, 15) is 4.79 Å². The van der Waals surface area contributed by atoms with Gasteiger partial charge in [0.1, 0.15) is 0 Å². The molecule has 0 aliphatic heterocycles. The van der Waals surface area contributed by atoms with E-state index >= 15 is 0 Å². The molecule has 0 aliphatic carbocycles. The van der Waals surface area contributed by atoms with Crippen LogP contribution in [0.15, 0.2) is 48.8 Å². The van der Waals surface area contributed by atoms with Crippen LogP contribution in [0.1, 0.15) is 28.9 Å². The van der Waals surface area contributed by atoms with E-state index in [-0.39, 0.29) is 11.9 Å². The van der Waals surface area contributed by atoms with Crippen molar-refractivity contribution in [1.82, 2.24) is 10.3 Å². The van der Waals surface area contributed by atoms with Crippen LogP contribution in [0.5, 0.6) is 0 Å². The average Bonchev–Trinajstić information content (AvgIpc) is 2.40. The molecule has 0 saturated carbocycles. The molecule has 1 heterocycles. The minimum Gasteiger partial charge on any atom is -0.399 e. The minimum absolute atomic E-state index is 0.0799. The molecule has 0 fully saturated rings. The summed E-state index contributed by atoms with van der Waals surface area (Å²) in [5, 5.41) is 2.91. The molecular formula is C14H15N3O. The number of hydrogen-bond donors (Lipinski definition) is 2. The topological polar surface area (TPSA) is 68.0 Å². The zero-order chi connectivity index (χ0) is 13.0. The van der Waals surface area contributed by atoms with Gasteiger partial charge in [0.25, 0.3) is 5.91 Å². The van der Waals surface area contributed by atoms with E-state index in [0.29, 0.717) is 11.3 Å². The summed E-state index contributed by atoms with van der Waals surface area (Å²) in [4.78, 5) is 16.0. The highest BCUT2D eigenvalue weighted by Crippen LogP contribution is 2.12. The predicted molar refractivity (Wildman–Crippen MR) is 71.0 cm³/mol. The van der Waals surface area contributed by atoms with Gasteiger partial charge < -0.3 is 11.1 Å². The molecule has 1 amide bonds. The molecule has 4 heteroatoms. The lowest BCUT2D eigenvalue weighted by Crippen LogP contribution is -2.26. The van der Waals surface area contributed by atoms with E-state index in [4.69, 9.17) is 5.73 Å². The number of carbonyl (C=O) groups is 1. The summed E-state index contributed by atoms with van der Waals surface area (Å²) in [6, 6.07) is 10.5. The lowest BCUT2D eigenvalue weighted by Gasteiger charge is -2.13. The van der Waals surface area contributed by atoms with Gasteiger partial charge in [-0.25, -0.2) is 0 Å². The van der Waals surface area contributed by atoms with Gasteiger partial charge in [-0.15, -0.1) is 0 Å². The van der Waals surface area contributed by atoms with E-state index < -0.39 is 0 Å². The Kier molecular flexibility index (Phi) is 3.57. The van der Waals surface area contributed by atoms with Crippen molar-refractivity contribution in [1.29, 1.82) is 0 Å². The quantitative estimate of drug-likeness (QED) is 0.809. The monoisotopic (exact) mass is 241 g/mol. The maximum Gasteiger partial charge on any atom is 0.251 e. The van der Waals surface area contributed by atoms with Crippen LogP contribution in [0.3, 0.4) is 0 Å². The van der Waals surface area contributed by atoms with Crippen LogP contribution < -0.4 is 11.1 Å². The van der Waals surface area contributed by atoms with E-state index in [1.807, 2.05) is 19.1 Å². The van der Waals surface area contributed by atoms with Crippen molar-refractivity contribution in [3.63, 3.8) is 0 Å². The number of nitrogens with zero attached hydrogens (tertiary/aromatic N) is 1. The Morgan fingerprint density at radius 1 is 1.28 bits per heavy atom. The Morgan fingerprint density at radius 3 is 2.61 bits per heavy atom. The number of carbonyl (C=O) groups excluding carboxylic acids is 1. The summed E-state index contributed by atoms with van der Waals surface area (Å²) in [5.41, 5.74) is 7.79. The molecule has 1 aromatic carbocycles. The normalized spacial score (nSPS) is 11.8. The Bertz CT molecular complexity index is 522. The van der Waals surface area contributed by atoms with Gasteiger partial charge in [0.15, 0.2) is 0 Å². The Morgan fingerprint density at radius 2 is 2.00 bits per heavy atom. The second kappa shape index (κ2) is 5.31. The van der Waals surface area contributed by atoms with Crippen LogP contribution in [-0.2, 0) is 0 Å². The summed E-state index contributed by atoms with van der Waals surface area (Å²) < 4.78 is 0. The Hall–Kier alpha value is -2.36. The first-order valence-corrected chi connectivity index (χ1v) is 5.73. The SMILES string of the molecule is C[C@H](NC(=O)c1ccc(N)cc1)c1cccnc1. The van der Waals surface area contributed by atoms with Gasteiger partial charge in [0.2, 0.25) is 0 Å². The summed E-state index contributed by atoms with van der Waals surface area (Å²) in [7, 11) is 0. The second-order valence-corrected chi connectivity index (χ2v) is 4.10. The standard InChI is InChI=1S/C14H15N3O/c1-10(12-3-2-8-16-9-12)17-14(18)11-4-6-13(15)7-5-11/h2-10H,15H2,1H3,(H,17,18)/t10-/m0/s1. The van der Waals surface area contributed by atoms with Crippen molar-refractivity contribution in [3.05, 3.63) is 59.9 Å². The molecule has 3 N–H and O–H groups in total. The van der Waals surface area contributed by atoms with E-state index in [1.165, 1.54) is 0 Å². The highest BCUT2D eigenvalue weighted by Gasteiger charge is 2.10. The van der Waals surface area contributed by atoms with Crippen molar-refractivity contribution in [2.24, 2.45) is 0 Å². The van der Waals surface area contributed by atoms with Crippen LogP contribution in [0.4, 0.5) is 5.69 Å². The van der Waals surface area contributed by atoms with Gasteiger partial charge in [-0.3, -0.25) is 9.78 Å². The number of aromatic nitrogens is 1. The fourth-order valence-corrected chi connectivity index (χ4v) is 1.63. The Balaban J connectivity index is 2.06. The third-order valence-electron chi connectivity index (χ3n) is 2.70. The highest BCUT2D eigenvalue weighted by atomic mass is 16.1. The molecule has 2 aromatic rings. The van der Waals surface area contributed by atoms with Crippen LogP contribution in [-0.4, -0.2) is 10.9 Å². The molecule has 0 radical (unpaired) electrons. The number of nitrogens with one attached hydrogen (secondary N) is 1. The molecule has 0 unspecified atom stereocenters. The average molecular weight is 241 g/mol. The van der Waals surface area contributed by atoms with Crippen molar-refractivity contribution < 1.29 is 4.79 Å². The first kappa shape index (κ1) is 12.1. The molecule has 0 bridgehead atoms. The predicted octanol–water partition coefficient (Wildman–Crippen LogP) is 2.15. The van der Waals surface area contributed by atoms with Crippen molar-refractivity contribution in [3.8, 4) is 0 Å². The summed E-state index contributed by atoms with van der Waals surface area (Å²) in [5.74, 6) is -0.119. The first-order chi connectivity index (χ1) is 8.66. The smallest absolute Gasteiger partial charge is 0.251 e. The van der Waals surface area contributed by atoms with Gasteiger partial charge >= 0.3 is 0 Å². The molecule has 1 aromatic heterocycles. The summed E-state index contributed by atoms with van der Waals surface area (Å²) in [6.45, 7) is 1.92. The zero-order valence-corrected chi connectivity index (χ0v) is 10.1. The maximum atomic E-state index is 12.0. The van der Waals surface area contributed by atoms with Crippen LogP contribution in [0.2, 0.25) is 0 Å². The van der Waals surface area contributed by atoms with Crippen molar-refractivity contribution in [2.45, 2.75) is 13.0 Å². The van der Waals surface area contributed by atoms with E-state index in [2.05, 4.69) is 10.3 Å². The van der Waals surface area contributed by atoms with Gasteiger partial charge in [-0.1, -0.05) is 6.07 Å².